The van der Waals surface area contributed by atoms with Crippen molar-refractivity contribution in [3.05, 3.63) is 30.3 Å². The van der Waals surface area contributed by atoms with Crippen molar-refractivity contribution in [1.82, 2.24) is 10.6 Å². The molecule has 1 aromatic rings. The minimum absolute atomic E-state index is 0.0361. The Bertz CT molecular complexity index is 593. The van der Waals surface area contributed by atoms with Gasteiger partial charge in [-0.25, -0.2) is 13.6 Å². The van der Waals surface area contributed by atoms with Gasteiger partial charge in [0.2, 0.25) is 5.92 Å². The van der Waals surface area contributed by atoms with E-state index in [0.717, 1.165) is 0 Å². The van der Waals surface area contributed by atoms with E-state index in [-0.39, 0.29) is 37.5 Å². The van der Waals surface area contributed by atoms with Crippen molar-refractivity contribution in [3.8, 4) is 0 Å². The second kappa shape index (κ2) is 8.28. The number of carbonyl (C=O) groups excluding carboxylic acids is 1. The lowest BCUT2D eigenvalue weighted by Gasteiger charge is -2.31. The van der Waals surface area contributed by atoms with Crippen molar-refractivity contribution in [3.63, 3.8) is 0 Å². The molecule has 144 valence electrons. The van der Waals surface area contributed by atoms with Crippen LogP contribution >= 0.6 is 0 Å². The molecule has 0 aromatic heterocycles. The monoisotopic (exact) mass is 369 g/mol. The Morgan fingerprint density at radius 3 is 2.62 bits per heavy atom. The Labute approximate surface area is 151 Å². The largest absolute Gasteiger partial charge is 0.389 e. The highest BCUT2D eigenvalue weighted by Crippen LogP contribution is 2.33. The zero-order valence-corrected chi connectivity index (χ0v) is 14.5. The fourth-order valence-corrected chi connectivity index (χ4v) is 3.41. The predicted molar refractivity (Wildman–Crippen MR) is 93.3 cm³/mol. The summed E-state index contributed by atoms with van der Waals surface area (Å²) in [6.45, 7) is 0.460. The second-order valence-electron chi connectivity index (χ2n) is 6.97. The van der Waals surface area contributed by atoms with Crippen molar-refractivity contribution in [2.75, 3.05) is 18.5 Å². The quantitative estimate of drug-likeness (QED) is 0.641. The van der Waals surface area contributed by atoms with Crippen molar-refractivity contribution in [2.45, 2.75) is 55.9 Å². The maximum atomic E-state index is 13.2. The number of aliphatic hydroxyl groups excluding tert-OH is 1. The summed E-state index contributed by atoms with van der Waals surface area (Å²) >= 11 is 0. The first-order valence-electron chi connectivity index (χ1n) is 8.96. The van der Waals surface area contributed by atoms with Gasteiger partial charge >= 0.3 is 6.03 Å². The van der Waals surface area contributed by atoms with E-state index in [1.165, 1.54) is 0 Å². The Hall–Kier alpha value is -1.77. The number of benzene rings is 1. The molecule has 3 atom stereocenters. The summed E-state index contributed by atoms with van der Waals surface area (Å²) < 4.78 is 32.0. The number of amides is 2. The topological polar surface area (TPSA) is 82.6 Å². The van der Waals surface area contributed by atoms with Gasteiger partial charge in [-0.15, -0.1) is 0 Å². The molecule has 1 saturated carbocycles. The van der Waals surface area contributed by atoms with Gasteiger partial charge in [0, 0.05) is 31.1 Å². The molecule has 2 amide bonds. The van der Waals surface area contributed by atoms with Gasteiger partial charge in [0.25, 0.3) is 0 Å². The lowest BCUT2D eigenvalue weighted by atomic mass is 9.91. The van der Waals surface area contributed by atoms with Crippen LogP contribution in [-0.2, 0) is 4.74 Å². The van der Waals surface area contributed by atoms with Crippen molar-refractivity contribution >= 4 is 11.7 Å². The Morgan fingerprint density at radius 2 is 1.92 bits per heavy atom. The first kappa shape index (κ1) is 19.0. The van der Waals surface area contributed by atoms with Crippen molar-refractivity contribution in [2.24, 2.45) is 0 Å². The number of hydrogen-bond acceptors (Lipinski definition) is 4. The molecule has 2 aliphatic rings. The maximum Gasteiger partial charge on any atom is 0.319 e. The highest BCUT2D eigenvalue weighted by Gasteiger charge is 2.40. The van der Waals surface area contributed by atoms with Crippen LogP contribution in [-0.4, -0.2) is 54.5 Å². The summed E-state index contributed by atoms with van der Waals surface area (Å²) in [6.07, 6.45) is -0.802. The zero-order valence-electron chi connectivity index (χ0n) is 14.5. The van der Waals surface area contributed by atoms with E-state index in [2.05, 4.69) is 16.0 Å². The van der Waals surface area contributed by atoms with E-state index in [9.17, 15) is 18.7 Å². The van der Waals surface area contributed by atoms with Gasteiger partial charge in [0.15, 0.2) is 0 Å². The molecular formula is C18H25F2N3O3. The third-order valence-corrected chi connectivity index (χ3v) is 4.95. The van der Waals surface area contributed by atoms with Crippen LogP contribution in [0.3, 0.4) is 0 Å². The number of urea groups is 1. The number of carbonyl (C=O) groups is 1. The van der Waals surface area contributed by atoms with Crippen LogP contribution in [0.25, 0.3) is 0 Å². The molecule has 3 rings (SSSR count). The fraction of sp³-hybridized carbons (Fsp3) is 0.611. The van der Waals surface area contributed by atoms with E-state index in [4.69, 9.17) is 4.74 Å². The van der Waals surface area contributed by atoms with Crippen LogP contribution in [0.1, 0.15) is 25.7 Å². The number of halogens is 2. The standard InChI is InChI=1S/C18H25F2N3O3/c19-18(20)8-6-13(7-9-18)22-14-11-26-15(16(14)24)10-21-17(25)23-12-4-2-1-3-5-12/h1-5,13-16,22,24H,6-11H2,(H2,21,23,25). The first-order chi connectivity index (χ1) is 12.4. The summed E-state index contributed by atoms with van der Waals surface area (Å²) in [5.74, 6) is -2.57. The molecule has 26 heavy (non-hydrogen) atoms. The molecule has 1 aliphatic carbocycles. The summed E-state index contributed by atoms with van der Waals surface area (Å²) in [4.78, 5) is 11.9. The van der Waals surface area contributed by atoms with Crippen LogP contribution in [0, 0.1) is 0 Å². The lowest BCUT2D eigenvalue weighted by molar-refractivity contribution is -0.0421. The van der Waals surface area contributed by atoms with E-state index >= 15 is 0 Å². The molecule has 0 radical (unpaired) electrons. The Morgan fingerprint density at radius 1 is 1.23 bits per heavy atom. The lowest BCUT2D eigenvalue weighted by Crippen LogP contribution is -2.50. The first-order valence-corrected chi connectivity index (χ1v) is 8.96. The molecule has 0 bridgehead atoms. The fourth-order valence-electron chi connectivity index (χ4n) is 3.41. The van der Waals surface area contributed by atoms with Gasteiger partial charge in [-0.1, -0.05) is 18.2 Å². The van der Waals surface area contributed by atoms with Gasteiger partial charge in [-0.2, -0.15) is 0 Å². The highest BCUT2D eigenvalue weighted by molar-refractivity contribution is 5.89. The summed E-state index contributed by atoms with van der Waals surface area (Å²) in [7, 11) is 0. The highest BCUT2D eigenvalue weighted by atomic mass is 19.3. The van der Waals surface area contributed by atoms with E-state index in [1.54, 1.807) is 12.1 Å². The number of alkyl halides is 2. The molecule has 1 aliphatic heterocycles. The van der Waals surface area contributed by atoms with E-state index in [1.807, 2.05) is 18.2 Å². The Kier molecular flexibility index (Phi) is 6.05. The van der Waals surface area contributed by atoms with E-state index in [0.29, 0.717) is 25.1 Å². The minimum Gasteiger partial charge on any atom is -0.389 e. The molecule has 1 aromatic carbocycles. The van der Waals surface area contributed by atoms with Crippen molar-refractivity contribution < 1.29 is 23.4 Å². The molecular weight excluding hydrogens is 344 g/mol. The van der Waals surface area contributed by atoms with Gasteiger partial charge in [-0.3, -0.25) is 0 Å². The molecule has 2 fully saturated rings. The third-order valence-electron chi connectivity index (χ3n) is 4.95. The molecule has 3 unspecified atom stereocenters. The maximum absolute atomic E-state index is 13.2. The van der Waals surface area contributed by atoms with Crippen molar-refractivity contribution in [1.29, 1.82) is 0 Å². The second-order valence-corrected chi connectivity index (χ2v) is 6.97. The Balaban J connectivity index is 1.40. The summed E-state index contributed by atoms with van der Waals surface area (Å²) in [5, 5.41) is 19.0. The number of nitrogens with one attached hydrogen (secondary N) is 3. The van der Waals surface area contributed by atoms with Crippen LogP contribution in [0.2, 0.25) is 0 Å². The average Bonchev–Trinajstić information content (AvgIpc) is 2.96. The smallest absolute Gasteiger partial charge is 0.319 e. The van der Waals surface area contributed by atoms with Crippen LogP contribution in [0.5, 0.6) is 0 Å². The van der Waals surface area contributed by atoms with Crippen LogP contribution in [0.15, 0.2) is 30.3 Å². The number of rotatable bonds is 5. The summed E-state index contributed by atoms with van der Waals surface area (Å²) in [6, 6.07) is 8.31. The van der Waals surface area contributed by atoms with Crippen LogP contribution < -0.4 is 16.0 Å². The summed E-state index contributed by atoms with van der Waals surface area (Å²) in [5.41, 5.74) is 0.673. The molecule has 8 heteroatoms. The molecule has 0 spiro atoms. The van der Waals surface area contributed by atoms with E-state index < -0.39 is 18.1 Å². The molecule has 1 heterocycles. The van der Waals surface area contributed by atoms with Gasteiger partial charge in [-0.05, 0) is 25.0 Å². The molecule has 4 N–H and O–H groups in total. The number of anilines is 1. The zero-order chi connectivity index (χ0) is 18.6. The predicted octanol–water partition coefficient (Wildman–Crippen LogP) is 2.10. The van der Waals surface area contributed by atoms with Gasteiger partial charge in [0.05, 0.1) is 18.8 Å². The molecule has 1 saturated heterocycles. The SMILES string of the molecule is O=C(NCC1OCC(NC2CCC(F)(F)CC2)C1O)Nc1ccccc1. The third kappa shape index (κ3) is 5.12. The number of aliphatic hydroxyl groups is 1. The van der Waals surface area contributed by atoms with Crippen LogP contribution in [0.4, 0.5) is 19.3 Å². The van der Waals surface area contributed by atoms with Gasteiger partial charge < -0.3 is 25.8 Å². The minimum atomic E-state index is -2.57. The molecule has 6 nitrogen and oxygen atoms in total. The number of para-hydroxylation sites is 1. The van der Waals surface area contributed by atoms with Gasteiger partial charge in [0.1, 0.15) is 6.10 Å². The number of ether oxygens (including phenoxy) is 1. The average molecular weight is 369 g/mol. The normalized spacial score (nSPS) is 28.7. The number of hydrogen-bond donors (Lipinski definition) is 4.